The van der Waals surface area contributed by atoms with Crippen LogP contribution in [0.1, 0.15) is 30.5 Å². The fraction of sp³-hybridized carbons (Fsp3) is 0.476. The Morgan fingerprint density at radius 3 is 2.81 bits per heavy atom. The Kier molecular flexibility index (Phi) is 5.38. The fourth-order valence-electron chi connectivity index (χ4n) is 3.94. The first-order valence-electron chi connectivity index (χ1n) is 9.52. The molecule has 26 heavy (non-hydrogen) atoms. The van der Waals surface area contributed by atoms with Crippen LogP contribution in [0, 0.1) is 5.92 Å². The van der Waals surface area contributed by atoms with Gasteiger partial charge in [-0.25, -0.2) is 0 Å². The van der Waals surface area contributed by atoms with Crippen LogP contribution in [0.25, 0.3) is 21.4 Å². The lowest BCUT2D eigenvalue weighted by Crippen LogP contribution is -2.27. The maximum atomic E-state index is 5.88. The maximum absolute atomic E-state index is 5.88. The summed E-state index contributed by atoms with van der Waals surface area (Å²) in [5.41, 5.74) is 4.60. The van der Waals surface area contributed by atoms with Crippen molar-refractivity contribution in [2.45, 2.75) is 32.2 Å². The molecule has 3 aromatic rings. The van der Waals surface area contributed by atoms with Crippen LogP contribution in [-0.4, -0.2) is 37.2 Å². The van der Waals surface area contributed by atoms with Crippen molar-refractivity contribution in [3.63, 3.8) is 0 Å². The highest BCUT2D eigenvalue weighted by Crippen LogP contribution is 2.35. The van der Waals surface area contributed by atoms with Crippen molar-refractivity contribution in [1.82, 2.24) is 15.4 Å². The number of hydrogen-bond acceptors (Lipinski definition) is 5. The molecule has 1 aliphatic heterocycles. The van der Waals surface area contributed by atoms with Crippen LogP contribution in [0.2, 0.25) is 0 Å². The standard InChI is InChI=1S/C21H27N3OS/c1-24(2)14-18-16(20-4-3-13-26-20)6-7-17-19(23-25-21(17)18)8-5-15-9-11-22-12-10-15/h3-4,6-7,13,15,22H,5,8-12,14H2,1-2H3. The van der Waals surface area contributed by atoms with Gasteiger partial charge < -0.3 is 14.7 Å². The molecule has 0 unspecified atom stereocenters. The van der Waals surface area contributed by atoms with Crippen LogP contribution in [0.4, 0.5) is 0 Å². The number of hydrogen-bond donors (Lipinski definition) is 1. The number of nitrogens with zero attached hydrogens (tertiary/aromatic N) is 2. The Labute approximate surface area is 159 Å². The van der Waals surface area contributed by atoms with E-state index >= 15 is 0 Å². The van der Waals surface area contributed by atoms with Gasteiger partial charge in [0.05, 0.1) is 5.69 Å². The number of aromatic nitrogens is 1. The Hall–Kier alpha value is -1.69. The van der Waals surface area contributed by atoms with Gasteiger partial charge in [0, 0.05) is 22.4 Å². The maximum Gasteiger partial charge on any atom is 0.172 e. The third-order valence-corrected chi connectivity index (χ3v) is 6.23. The molecule has 0 saturated carbocycles. The molecule has 138 valence electrons. The highest BCUT2D eigenvalue weighted by molar-refractivity contribution is 7.13. The first-order chi connectivity index (χ1) is 12.7. The molecule has 0 bridgehead atoms. The molecule has 3 heterocycles. The summed E-state index contributed by atoms with van der Waals surface area (Å²) < 4.78 is 5.88. The minimum absolute atomic E-state index is 0.814. The van der Waals surface area contributed by atoms with Gasteiger partial charge in [-0.2, -0.15) is 0 Å². The Balaban J connectivity index is 1.65. The van der Waals surface area contributed by atoms with Gasteiger partial charge in [0.2, 0.25) is 0 Å². The van der Waals surface area contributed by atoms with E-state index in [1.165, 1.54) is 40.7 Å². The molecule has 1 saturated heterocycles. The van der Waals surface area contributed by atoms with Gasteiger partial charge in [0.25, 0.3) is 0 Å². The predicted molar refractivity (Wildman–Crippen MR) is 109 cm³/mol. The monoisotopic (exact) mass is 369 g/mol. The molecular weight excluding hydrogens is 342 g/mol. The van der Waals surface area contributed by atoms with E-state index in [0.717, 1.165) is 43.2 Å². The van der Waals surface area contributed by atoms with Gasteiger partial charge in [0.15, 0.2) is 5.58 Å². The van der Waals surface area contributed by atoms with Gasteiger partial charge in [-0.05, 0) is 81.9 Å². The smallest absolute Gasteiger partial charge is 0.172 e. The zero-order valence-corrected chi connectivity index (χ0v) is 16.4. The highest BCUT2D eigenvalue weighted by atomic mass is 32.1. The molecule has 0 spiro atoms. The Morgan fingerprint density at radius 2 is 2.08 bits per heavy atom. The lowest BCUT2D eigenvalue weighted by atomic mass is 9.92. The molecule has 0 radical (unpaired) electrons. The summed E-state index contributed by atoms with van der Waals surface area (Å²) >= 11 is 1.78. The second-order valence-electron chi connectivity index (χ2n) is 7.54. The van der Waals surface area contributed by atoms with Gasteiger partial charge >= 0.3 is 0 Å². The summed E-state index contributed by atoms with van der Waals surface area (Å²) in [5.74, 6) is 0.814. The lowest BCUT2D eigenvalue weighted by Gasteiger charge is -2.21. The second-order valence-corrected chi connectivity index (χ2v) is 8.49. The quantitative estimate of drug-likeness (QED) is 0.692. The molecule has 1 aliphatic rings. The van der Waals surface area contributed by atoms with Crippen molar-refractivity contribution in [1.29, 1.82) is 0 Å². The van der Waals surface area contributed by atoms with E-state index in [0.29, 0.717) is 0 Å². The van der Waals surface area contributed by atoms with E-state index in [-0.39, 0.29) is 0 Å². The van der Waals surface area contributed by atoms with Gasteiger partial charge in [-0.3, -0.25) is 0 Å². The number of piperidine rings is 1. The van der Waals surface area contributed by atoms with E-state index in [1.54, 1.807) is 11.3 Å². The molecule has 5 heteroatoms. The van der Waals surface area contributed by atoms with Crippen molar-refractivity contribution in [2.24, 2.45) is 5.92 Å². The first-order valence-corrected chi connectivity index (χ1v) is 10.4. The molecule has 1 fully saturated rings. The summed E-state index contributed by atoms with van der Waals surface area (Å²) in [6, 6.07) is 8.74. The zero-order valence-electron chi connectivity index (χ0n) is 15.6. The summed E-state index contributed by atoms with van der Waals surface area (Å²) in [7, 11) is 4.21. The number of benzene rings is 1. The first kappa shape index (κ1) is 17.7. The molecule has 1 aromatic carbocycles. The molecule has 0 aliphatic carbocycles. The molecule has 1 N–H and O–H groups in total. The van der Waals surface area contributed by atoms with Crippen LogP contribution in [-0.2, 0) is 13.0 Å². The second kappa shape index (κ2) is 7.91. The number of nitrogens with one attached hydrogen (secondary N) is 1. The van der Waals surface area contributed by atoms with Crippen molar-refractivity contribution in [3.8, 4) is 10.4 Å². The number of rotatable bonds is 6. The van der Waals surface area contributed by atoms with Gasteiger partial charge in [-0.15, -0.1) is 11.3 Å². The summed E-state index contributed by atoms with van der Waals surface area (Å²) in [6.07, 6.45) is 4.78. The number of thiophene rings is 1. The van der Waals surface area contributed by atoms with Crippen LogP contribution < -0.4 is 5.32 Å². The Bertz CT molecular complexity index is 848. The fourth-order valence-corrected chi connectivity index (χ4v) is 4.72. The lowest BCUT2D eigenvalue weighted by molar-refractivity contribution is 0.350. The van der Waals surface area contributed by atoms with Crippen LogP contribution >= 0.6 is 11.3 Å². The van der Waals surface area contributed by atoms with E-state index in [4.69, 9.17) is 4.52 Å². The largest absolute Gasteiger partial charge is 0.356 e. The van der Waals surface area contributed by atoms with Crippen LogP contribution in [0.5, 0.6) is 0 Å². The van der Waals surface area contributed by atoms with E-state index in [1.807, 2.05) is 0 Å². The summed E-state index contributed by atoms with van der Waals surface area (Å²) in [5, 5.41) is 11.2. The molecule has 0 atom stereocenters. The van der Waals surface area contributed by atoms with Crippen LogP contribution in [0.15, 0.2) is 34.2 Å². The van der Waals surface area contributed by atoms with Crippen molar-refractivity contribution in [2.75, 3.05) is 27.2 Å². The zero-order chi connectivity index (χ0) is 17.9. The molecule has 2 aromatic heterocycles. The summed E-state index contributed by atoms with van der Waals surface area (Å²) in [6.45, 7) is 3.16. The van der Waals surface area contributed by atoms with Crippen molar-refractivity contribution in [3.05, 3.63) is 40.9 Å². The van der Waals surface area contributed by atoms with Gasteiger partial charge in [-0.1, -0.05) is 17.3 Å². The van der Waals surface area contributed by atoms with Crippen molar-refractivity contribution >= 4 is 22.3 Å². The van der Waals surface area contributed by atoms with Crippen LogP contribution in [0.3, 0.4) is 0 Å². The van der Waals surface area contributed by atoms with E-state index in [2.05, 4.69) is 59.1 Å². The average Bonchev–Trinajstić information content (AvgIpc) is 3.31. The summed E-state index contributed by atoms with van der Waals surface area (Å²) in [4.78, 5) is 3.49. The number of fused-ring (bicyclic) bond motifs is 1. The topological polar surface area (TPSA) is 41.3 Å². The normalized spacial score (nSPS) is 16.0. The van der Waals surface area contributed by atoms with E-state index in [9.17, 15) is 0 Å². The average molecular weight is 370 g/mol. The third kappa shape index (κ3) is 3.70. The highest BCUT2D eigenvalue weighted by Gasteiger charge is 2.19. The predicted octanol–water partition coefficient (Wildman–Crippen LogP) is 4.55. The van der Waals surface area contributed by atoms with E-state index < -0.39 is 0 Å². The third-order valence-electron chi connectivity index (χ3n) is 5.33. The number of aryl methyl sites for hydroxylation is 1. The molecule has 0 amide bonds. The molecular formula is C21H27N3OS. The van der Waals surface area contributed by atoms with Crippen molar-refractivity contribution < 1.29 is 4.52 Å². The SMILES string of the molecule is CN(C)Cc1c(-c2cccs2)ccc2c(CCC3CCNCC3)noc12. The van der Waals surface area contributed by atoms with Gasteiger partial charge in [0.1, 0.15) is 0 Å². The molecule has 4 rings (SSSR count). The molecule has 4 nitrogen and oxygen atoms in total. The minimum Gasteiger partial charge on any atom is -0.356 e. The minimum atomic E-state index is 0.814. The Morgan fingerprint density at radius 1 is 1.23 bits per heavy atom.